The molecule has 0 saturated carbocycles. The predicted molar refractivity (Wildman–Crippen MR) is 124 cm³/mol. The maximum absolute atomic E-state index is 4.24. The van der Waals surface area contributed by atoms with E-state index >= 15 is 0 Å². The highest BCUT2D eigenvalue weighted by Gasteiger charge is 2.18. The SMILES string of the molecule is CN=C(NCCCCN1CCC(Cc2ccccc2)CC1)NC(C)C.I. The van der Waals surface area contributed by atoms with Gasteiger partial charge in [0.2, 0.25) is 0 Å². The lowest BCUT2D eigenvalue weighted by Gasteiger charge is -2.32. The number of hydrogen-bond acceptors (Lipinski definition) is 2. The van der Waals surface area contributed by atoms with Gasteiger partial charge < -0.3 is 15.5 Å². The number of unbranched alkanes of at least 4 members (excludes halogenated alkanes) is 1. The van der Waals surface area contributed by atoms with E-state index in [1.165, 1.54) is 57.3 Å². The van der Waals surface area contributed by atoms with Crippen LogP contribution in [0.1, 0.15) is 45.1 Å². The van der Waals surface area contributed by atoms with E-state index in [0.717, 1.165) is 18.4 Å². The molecule has 1 fully saturated rings. The van der Waals surface area contributed by atoms with Gasteiger partial charge in [-0.1, -0.05) is 30.3 Å². The van der Waals surface area contributed by atoms with Crippen molar-refractivity contribution in [3.63, 3.8) is 0 Å². The maximum atomic E-state index is 4.24. The van der Waals surface area contributed by atoms with E-state index in [-0.39, 0.29) is 24.0 Å². The van der Waals surface area contributed by atoms with Crippen molar-refractivity contribution >= 4 is 29.9 Å². The van der Waals surface area contributed by atoms with E-state index in [1.807, 2.05) is 7.05 Å². The largest absolute Gasteiger partial charge is 0.356 e. The number of halogens is 1. The number of nitrogens with one attached hydrogen (secondary N) is 2. The summed E-state index contributed by atoms with van der Waals surface area (Å²) in [4.78, 5) is 6.88. The molecule has 0 radical (unpaired) electrons. The predicted octanol–water partition coefficient (Wildman–Crippen LogP) is 3.91. The normalized spacial score (nSPS) is 16.4. The van der Waals surface area contributed by atoms with Crippen LogP contribution in [-0.2, 0) is 6.42 Å². The maximum Gasteiger partial charge on any atom is 0.191 e. The zero-order valence-corrected chi connectivity index (χ0v) is 19.0. The van der Waals surface area contributed by atoms with Gasteiger partial charge in [0.05, 0.1) is 0 Å². The zero-order chi connectivity index (χ0) is 17.9. The Balaban J connectivity index is 0.00000338. The average molecular weight is 472 g/mol. The second-order valence-corrected chi connectivity index (χ2v) is 7.48. The van der Waals surface area contributed by atoms with E-state index in [0.29, 0.717) is 6.04 Å². The smallest absolute Gasteiger partial charge is 0.191 e. The Morgan fingerprint density at radius 3 is 2.46 bits per heavy atom. The molecule has 2 N–H and O–H groups in total. The molecule has 2 rings (SSSR count). The van der Waals surface area contributed by atoms with Gasteiger partial charge in [0.25, 0.3) is 0 Å². The first kappa shape index (κ1) is 23.2. The molecule has 0 bridgehead atoms. The van der Waals surface area contributed by atoms with Crippen LogP contribution in [0.5, 0.6) is 0 Å². The number of aliphatic imine (C=N–C) groups is 1. The van der Waals surface area contributed by atoms with Gasteiger partial charge in [-0.15, -0.1) is 24.0 Å². The van der Waals surface area contributed by atoms with Gasteiger partial charge in [-0.2, -0.15) is 0 Å². The lowest BCUT2D eigenvalue weighted by molar-refractivity contribution is 0.181. The topological polar surface area (TPSA) is 39.7 Å². The molecule has 0 spiro atoms. The fourth-order valence-electron chi connectivity index (χ4n) is 3.50. The van der Waals surface area contributed by atoms with Gasteiger partial charge in [-0.3, -0.25) is 4.99 Å². The molecule has 1 aromatic carbocycles. The summed E-state index contributed by atoms with van der Waals surface area (Å²) in [5.74, 6) is 1.78. The molecule has 4 nitrogen and oxygen atoms in total. The summed E-state index contributed by atoms with van der Waals surface area (Å²) in [6.45, 7) is 9.03. The van der Waals surface area contributed by atoms with Crippen molar-refractivity contribution < 1.29 is 0 Å². The summed E-state index contributed by atoms with van der Waals surface area (Å²) < 4.78 is 0. The lowest BCUT2D eigenvalue weighted by Crippen LogP contribution is -2.41. The van der Waals surface area contributed by atoms with Crippen LogP contribution in [0, 0.1) is 5.92 Å². The fourth-order valence-corrected chi connectivity index (χ4v) is 3.50. The highest BCUT2D eigenvalue weighted by atomic mass is 127. The van der Waals surface area contributed by atoms with E-state index < -0.39 is 0 Å². The second kappa shape index (κ2) is 13.4. The van der Waals surface area contributed by atoms with Crippen molar-refractivity contribution in [3.8, 4) is 0 Å². The van der Waals surface area contributed by atoms with Crippen molar-refractivity contribution in [2.75, 3.05) is 33.2 Å². The Labute approximate surface area is 177 Å². The molecule has 0 aromatic heterocycles. The molecular formula is C21H37IN4. The molecule has 1 saturated heterocycles. The standard InChI is InChI=1S/C21H36N4.HI/c1-18(2)24-21(22-3)23-13-7-8-14-25-15-11-20(12-16-25)17-19-9-5-4-6-10-19;/h4-6,9-10,18,20H,7-8,11-17H2,1-3H3,(H2,22,23,24);1H. The van der Waals surface area contributed by atoms with Crippen LogP contribution in [0.25, 0.3) is 0 Å². The number of likely N-dealkylation sites (tertiary alicyclic amines) is 1. The first-order chi connectivity index (χ1) is 12.2. The van der Waals surface area contributed by atoms with Crippen molar-refractivity contribution in [2.24, 2.45) is 10.9 Å². The quantitative estimate of drug-likeness (QED) is 0.261. The number of hydrogen-bond donors (Lipinski definition) is 2. The van der Waals surface area contributed by atoms with Crippen LogP contribution < -0.4 is 10.6 Å². The summed E-state index contributed by atoms with van der Waals surface area (Å²) >= 11 is 0. The van der Waals surface area contributed by atoms with Gasteiger partial charge in [0, 0.05) is 19.6 Å². The molecular weight excluding hydrogens is 435 g/mol. The molecule has 1 heterocycles. The van der Waals surface area contributed by atoms with Gasteiger partial charge in [0.1, 0.15) is 0 Å². The minimum absolute atomic E-state index is 0. The van der Waals surface area contributed by atoms with Gasteiger partial charge in [0.15, 0.2) is 5.96 Å². The van der Waals surface area contributed by atoms with Crippen LogP contribution in [0.2, 0.25) is 0 Å². The minimum Gasteiger partial charge on any atom is -0.356 e. The molecule has 0 amide bonds. The van der Waals surface area contributed by atoms with Crippen molar-refractivity contribution in [1.29, 1.82) is 0 Å². The molecule has 1 aromatic rings. The Kier molecular flexibility index (Phi) is 11.9. The van der Waals surface area contributed by atoms with Gasteiger partial charge in [-0.05, 0) is 77.1 Å². The molecule has 1 aliphatic heterocycles. The van der Waals surface area contributed by atoms with Crippen LogP contribution >= 0.6 is 24.0 Å². The van der Waals surface area contributed by atoms with E-state index in [2.05, 4.69) is 64.7 Å². The van der Waals surface area contributed by atoms with E-state index in [9.17, 15) is 0 Å². The van der Waals surface area contributed by atoms with Gasteiger partial charge >= 0.3 is 0 Å². The number of guanidine groups is 1. The Morgan fingerprint density at radius 1 is 1.15 bits per heavy atom. The van der Waals surface area contributed by atoms with Gasteiger partial charge in [-0.25, -0.2) is 0 Å². The minimum atomic E-state index is 0. The first-order valence-electron chi connectivity index (χ1n) is 9.91. The second-order valence-electron chi connectivity index (χ2n) is 7.48. The summed E-state index contributed by atoms with van der Waals surface area (Å²) in [6, 6.07) is 11.4. The van der Waals surface area contributed by atoms with E-state index in [4.69, 9.17) is 0 Å². The molecule has 0 aliphatic carbocycles. The van der Waals surface area contributed by atoms with Crippen LogP contribution in [-0.4, -0.2) is 50.1 Å². The monoisotopic (exact) mass is 472 g/mol. The molecule has 1 aliphatic rings. The number of rotatable bonds is 8. The third-order valence-electron chi connectivity index (χ3n) is 4.92. The zero-order valence-electron chi connectivity index (χ0n) is 16.7. The summed E-state index contributed by atoms with van der Waals surface area (Å²) in [7, 11) is 1.83. The van der Waals surface area contributed by atoms with Crippen LogP contribution in [0.3, 0.4) is 0 Å². The molecule has 0 unspecified atom stereocenters. The lowest BCUT2D eigenvalue weighted by atomic mass is 9.90. The number of benzene rings is 1. The highest BCUT2D eigenvalue weighted by molar-refractivity contribution is 14.0. The van der Waals surface area contributed by atoms with Crippen molar-refractivity contribution in [1.82, 2.24) is 15.5 Å². The average Bonchev–Trinajstić information content (AvgIpc) is 2.62. The van der Waals surface area contributed by atoms with Crippen LogP contribution in [0.4, 0.5) is 0 Å². The summed E-state index contributed by atoms with van der Waals surface area (Å²) in [6.07, 6.45) is 6.40. The Hall–Kier alpha value is -0.820. The number of nitrogens with zero attached hydrogens (tertiary/aromatic N) is 2. The third kappa shape index (κ3) is 9.21. The van der Waals surface area contributed by atoms with Crippen molar-refractivity contribution in [2.45, 2.75) is 52.0 Å². The highest BCUT2D eigenvalue weighted by Crippen LogP contribution is 2.21. The summed E-state index contributed by atoms with van der Waals surface area (Å²) in [5, 5.41) is 6.72. The number of piperidine rings is 1. The fraction of sp³-hybridized carbons (Fsp3) is 0.667. The summed E-state index contributed by atoms with van der Waals surface area (Å²) in [5.41, 5.74) is 1.50. The van der Waals surface area contributed by atoms with E-state index in [1.54, 1.807) is 0 Å². The molecule has 5 heteroatoms. The molecule has 26 heavy (non-hydrogen) atoms. The first-order valence-corrected chi connectivity index (χ1v) is 9.91. The third-order valence-corrected chi connectivity index (χ3v) is 4.92. The van der Waals surface area contributed by atoms with Crippen molar-refractivity contribution in [3.05, 3.63) is 35.9 Å². The molecule has 0 atom stereocenters. The Morgan fingerprint density at radius 2 is 1.85 bits per heavy atom. The van der Waals surface area contributed by atoms with Crippen LogP contribution in [0.15, 0.2) is 35.3 Å². The molecule has 148 valence electrons. The Bertz CT molecular complexity index is 496.